The van der Waals surface area contributed by atoms with Gasteiger partial charge in [0.25, 0.3) is 5.91 Å². The van der Waals surface area contributed by atoms with Crippen LogP contribution in [0.15, 0.2) is 15.1 Å². The fourth-order valence-corrected chi connectivity index (χ4v) is 2.35. The van der Waals surface area contributed by atoms with Crippen LogP contribution in [0.3, 0.4) is 0 Å². The Bertz CT molecular complexity index is 652. The molecule has 7 nitrogen and oxygen atoms in total. The fourth-order valence-electron chi connectivity index (χ4n) is 2.35. The van der Waals surface area contributed by atoms with Crippen molar-refractivity contribution in [2.45, 2.75) is 31.6 Å². The summed E-state index contributed by atoms with van der Waals surface area (Å²) >= 11 is 0. The van der Waals surface area contributed by atoms with Gasteiger partial charge >= 0.3 is 0 Å². The highest BCUT2D eigenvalue weighted by molar-refractivity contribution is 5.92. The molecule has 0 aromatic carbocycles. The summed E-state index contributed by atoms with van der Waals surface area (Å²) in [6.07, 6.45) is 2.31. The number of rotatable bonds is 3. The van der Waals surface area contributed by atoms with Gasteiger partial charge in [-0.3, -0.25) is 4.79 Å². The zero-order valence-corrected chi connectivity index (χ0v) is 11.1. The van der Waals surface area contributed by atoms with Gasteiger partial charge in [0.2, 0.25) is 5.89 Å². The van der Waals surface area contributed by atoms with Crippen molar-refractivity contribution in [3.8, 4) is 0 Å². The largest absolute Gasteiger partial charge is 0.361 e. The van der Waals surface area contributed by atoms with E-state index in [9.17, 15) is 4.79 Å². The Balaban J connectivity index is 1.39. The number of nitrogens with zero attached hydrogens (tertiary/aromatic N) is 4. The van der Waals surface area contributed by atoms with Crippen LogP contribution in [-0.4, -0.2) is 39.2 Å². The lowest BCUT2D eigenvalue weighted by molar-refractivity contribution is 0.0558. The van der Waals surface area contributed by atoms with Gasteiger partial charge in [-0.05, 0) is 19.8 Å². The van der Waals surface area contributed by atoms with E-state index in [4.69, 9.17) is 9.05 Å². The van der Waals surface area contributed by atoms with Crippen LogP contribution in [0.25, 0.3) is 0 Å². The molecule has 2 aliphatic rings. The summed E-state index contributed by atoms with van der Waals surface area (Å²) in [5, 5.41) is 7.73. The zero-order valence-electron chi connectivity index (χ0n) is 11.1. The van der Waals surface area contributed by atoms with Crippen molar-refractivity contribution in [2.24, 2.45) is 0 Å². The molecule has 4 rings (SSSR count). The molecule has 1 saturated heterocycles. The number of carbonyl (C=O) groups is 1. The van der Waals surface area contributed by atoms with Crippen molar-refractivity contribution in [2.75, 3.05) is 13.1 Å². The van der Waals surface area contributed by atoms with Gasteiger partial charge in [-0.1, -0.05) is 10.3 Å². The van der Waals surface area contributed by atoms with Crippen molar-refractivity contribution in [3.05, 3.63) is 29.2 Å². The zero-order chi connectivity index (χ0) is 13.7. The second kappa shape index (κ2) is 4.16. The predicted molar refractivity (Wildman–Crippen MR) is 66.2 cm³/mol. The van der Waals surface area contributed by atoms with E-state index in [-0.39, 0.29) is 11.8 Å². The molecule has 3 heterocycles. The molecule has 7 heteroatoms. The Labute approximate surface area is 114 Å². The first-order valence-electron chi connectivity index (χ1n) is 6.77. The van der Waals surface area contributed by atoms with Crippen molar-refractivity contribution < 1.29 is 13.8 Å². The first-order chi connectivity index (χ1) is 9.70. The molecule has 0 bridgehead atoms. The number of carbonyl (C=O) groups excluding carboxylic acids is 1. The Morgan fingerprint density at radius 3 is 2.70 bits per heavy atom. The molecule has 2 aromatic rings. The minimum absolute atomic E-state index is 0.111. The van der Waals surface area contributed by atoms with Crippen LogP contribution in [0.1, 0.15) is 52.6 Å². The van der Waals surface area contributed by atoms with Crippen LogP contribution in [0.5, 0.6) is 0 Å². The minimum atomic E-state index is -0.111. The molecule has 1 saturated carbocycles. The third kappa shape index (κ3) is 1.90. The summed E-state index contributed by atoms with van der Waals surface area (Å²) in [6.45, 7) is 2.95. The molecule has 20 heavy (non-hydrogen) atoms. The number of amides is 1. The normalized spacial score (nSPS) is 19.1. The van der Waals surface area contributed by atoms with Gasteiger partial charge in [0, 0.05) is 25.1 Å². The lowest BCUT2D eigenvalue weighted by atomic mass is 9.99. The Morgan fingerprint density at radius 2 is 2.05 bits per heavy atom. The van der Waals surface area contributed by atoms with Crippen molar-refractivity contribution in [1.29, 1.82) is 0 Å². The van der Waals surface area contributed by atoms with Crippen LogP contribution in [0, 0.1) is 6.92 Å². The van der Waals surface area contributed by atoms with E-state index in [0.29, 0.717) is 36.4 Å². The maximum absolute atomic E-state index is 12.1. The van der Waals surface area contributed by atoms with Gasteiger partial charge in [0.05, 0.1) is 5.92 Å². The topological polar surface area (TPSA) is 85.3 Å². The van der Waals surface area contributed by atoms with Gasteiger partial charge in [0.1, 0.15) is 5.76 Å². The van der Waals surface area contributed by atoms with Crippen molar-refractivity contribution in [3.63, 3.8) is 0 Å². The molecule has 1 aliphatic heterocycles. The van der Waals surface area contributed by atoms with Crippen LogP contribution in [0.2, 0.25) is 0 Å². The number of likely N-dealkylation sites (tertiary alicyclic amines) is 1. The molecular formula is C13H14N4O3. The molecule has 1 amide bonds. The number of hydrogen-bond donors (Lipinski definition) is 0. The van der Waals surface area contributed by atoms with E-state index in [0.717, 1.165) is 18.7 Å². The second-order valence-corrected chi connectivity index (χ2v) is 5.49. The summed E-state index contributed by atoms with van der Waals surface area (Å²) in [5.41, 5.74) is 0.352. The standard InChI is InChI=1S/C13H14N4O3/c1-7-4-10(15-19-7)13(18)17-5-9(6-17)12-14-11(16-20-12)8-2-3-8/h4,8-9H,2-3,5-6H2,1H3. The Kier molecular flexibility index (Phi) is 2.42. The van der Waals surface area contributed by atoms with Gasteiger partial charge in [-0.2, -0.15) is 4.98 Å². The monoisotopic (exact) mass is 274 g/mol. The maximum atomic E-state index is 12.1. The SMILES string of the molecule is Cc1cc(C(=O)N2CC(c3nc(C4CC4)no3)C2)no1. The van der Waals surface area contributed by atoms with Gasteiger partial charge in [-0.25, -0.2) is 0 Å². The van der Waals surface area contributed by atoms with Gasteiger partial charge < -0.3 is 13.9 Å². The first-order valence-corrected chi connectivity index (χ1v) is 6.77. The van der Waals surface area contributed by atoms with Crippen LogP contribution >= 0.6 is 0 Å². The average Bonchev–Trinajstić information content (AvgIpc) is 2.96. The summed E-state index contributed by atoms with van der Waals surface area (Å²) in [5.74, 6) is 2.62. The predicted octanol–water partition coefficient (Wildman–Crippen LogP) is 1.48. The summed E-state index contributed by atoms with van der Waals surface area (Å²) in [6, 6.07) is 1.65. The molecule has 0 unspecified atom stereocenters. The molecule has 0 N–H and O–H groups in total. The van der Waals surface area contributed by atoms with E-state index in [1.54, 1.807) is 17.9 Å². The van der Waals surface area contributed by atoms with Crippen LogP contribution in [-0.2, 0) is 0 Å². The maximum Gasteiger partial charge on any atom is 0.276 e. The summed E-state index contributed by atoms with van der Waals surface area (Å²) in [7, 11) is 0. The van der Waals surface area contributed by atoms with Crippen LogP contribution in [0.4, 0.5) is 0 Å². The Morgan fingerprint density at radius 1 is 1.25 bits per heavy atom. The number of aryl methyl sites for hydroxylation is 1. The van der Waals surface area contributed by atoms with E-state index in [1.165, 1.54) is 0 Å². The van der Waals surface area contributed by atoms with E-state index >= 15 is 0 Å². The van der Waals surface area contributed by atoms with E-state index in [1.807, 2.05) is 0 Å². The molecule has 0 spiro atoms. The summed E-state index contributed by atoms with van der Waals surface area (Å²) < 4.78 is 10.2. The molecule has 1 aliphatic carbocycles. The second-order valence-electron chi connectivity index (χ2n) is 5.49. The molecule has 0 atom stereocenters. The lowest BCUT2D eigenvalue weighted by Gasteiger charge is -2.36. The molecular weight excluding hydrogens is 260 g/mol. The Hall–Kier alpha value is -2.18. The smallest absolute Gasteiger partial charge is 0.276 e. The van der Waals surface area contributed by atoms with Gasteiger partial charge in [-0.15, -0.1) is 0 Å². The van der Waals surface area contributed by atoms with Crippen molar-refractivity contribution >= 4 is 5.91 Å². The highest BCUT2D eigenvalue weighted by Crippen LogP contribution is 2.39. The highest BCUT2D eigenvalue weighted by atomic mass is 16.5. The van der Waals surface area contributed by atoms with E-state index in [2.05, 4.69) is 15.3 Å². The molecule has 2 aromatic heterocycles. The third-order valence-corrected chi connectivity index (χ3v) is 3.77. The third-order valence-electron chi connectivity index (χ3n) is 3.77. The van der Waals surface area contributed by atoms with E-state index < -0.39 is 0 Å². The minimum Gasteiger partial charge on any atom is -0.361 e. The number of hydrogen-bond acceptors (Lipinski definition) is 6. The number of aromatic nitrogens is 3. The molecule has 0 radical (unpaired) electrons. The fraction of sp³-hybridized carbons (Fsp3) is 0.538. The lowest BCUT2D eigenvalue weighted by Crippen LogP contribution is -2.48. The van der Waals surface area contributed by atoms with Crippen LogP contribution < -0.4 is 0 Å². The van der Waals surface area contributed by atoms with Gasteiger partial charge in [0.15, 0.2) is 11.5 Å². The first kappa shape index (κ1) is 11.6. The summed E-state index contributed by atoms with van der Waals surface area (Å²) in [4.78, 5) is 18.2. The van der Waals surface area contributed by atoms with Crippen molar-refractivity contribution in [1.82, 2.24) is 20.2 Å². The molecule has 2 fully saturated rings. The quantitative estimate of drug-likeness (QED) is 0.842. The highest BCUT2D eigenvalue weighted by Gasteiger charge is 2.38. The molecule has 104 valence electrons. The average molecular weight is 274 g/mol.